The zero-order chi connectivity index (χ0) is 15.2. The number of rotatable bonds is 7. The van der Waals surface area contributed by atoms with Gasteiger partial charge in [0.05, 0.1) is 0 Å². The number of hydrogen-bond acceptors (Lipinski definition) is 4. The van der Waals surface area contributed by atoms with Gasteiger partial charge in [-0.3, -0.25) is 0 Å². The van der Waals surface area contributed by atoms with Crippen molar-refractivity contribution in [1.29, 1.82) is 0 Å². The average Bonchev–Trinajstić information content (AvgIpc) is 2.86. The summed E-state index contributed by atoms with van der Waals surface area (Å²) in [6, 6.07) is 4.14. The molecule has 0 spiro atoms. The molecule has 2 aromatic rings. The van der Waals surface area contributed by atoms with Gasteiger partial charge in [0.1, 0.15) is 18.7 Å². The second kappa shape index (κ2) is 7.56. The molecule has 0 aliphatic heterocycles. The number of halogens is 1. The molecule has 21 heavy (non-hydrogen) atoms. The van der Waals surface area contributed by atoms with Crippen molar-refractivity contribution >= 4 is 15.9 Å². The van der Waals surface area contributed by atoms with Crippen LogP contribution in [0.4, 0.5) is 0 Å². The Kier molecular flexibility index (Phi) is 5.76. The summed E-state index contributed by atoms with van der Waals surface area (Å²) in [5, 5.41) is 7.39. The van der Waals surface area contributed by atoms with Crippen molar-refractivity contribution in [1.82, 2.24) is 20.1 Å². The Bertz CT molecular complexity index is 597. The number of nitrogens with zero attached hydrogens (tertiary/aromatic N) is 3. The Morgan fingerprint density at radius 2 is 2.19 bits per heavy atom. The van der Waals surface area contributed by atoms with Crippen LogP contribution >= 0.6 is 15.9 Å². The normalized spacial score (nSPS) is 10.9. The third kappa shape index (κ3) is 4.04. The van der Waals surface area contributed by atoms with Crippen molar-refractivity contribution in [3.63, 3.8) is 0 Å². The number of aryl methyl sites for hydroxylation is 2. The Balaban J connectivity index is 2.17. The second-order valence-electron chi connectivity index (χ2n) is 4.93. The summed E-state index contributed by atoms with van der Waals surface area (Å²) in [7, 11) is 1.93. The SMILES string of the molecule is CCCn1ncnc1COc1c(C)cc(Br)cc1CNC. The van der Waals surface area contributed by atoms with Gasteiger partial charge in [0.15, 0.2) is 5.82 Å². The summed E-state index contributed by atoms with van der Waals surface area (Å²) >= 11 is 3.53. The number of aromatic nitrogens is 3. The van der Waals surface area contributed by atoms with Crippen molar-refractivity contribution in [2.45, 2.75) is 40.0 Å². The molecule has 0 saturated heterocycles. The highest BCUT2D eigenvalue weighted by atomic mass is 79.9. The minimum atomic E-state index is 0.430. The van der Waals surface area contributed by atoms with E-state index in [0.717, 1.165) is 46.7 Å². The van der Waals surface area contributed by atoms with E-state index in [0.29, 0.717) is 6.61 Å². The van der Waals surface area contributed by atoms with E-state index in [1.54, 1.807) is 6.33 Å². The highest BCUT2D eigenvalue weighted by Crippen LogP contribution is 2.28. The van der Waals surface area contributed by atoms with Gasteiger partial charge in [-0.25, -0.2) is 9.67 Å². The van der Waals surface area contributed by atoms with Crippen LogP contribution in [0, 0.1) is 6.92 Å². The van der Waals surface area contributed by atoms with Gasteiger partial charge >= 0.3 is 0 Å². The lowest BCUT2D eigenvalue weighted by atomic mass is 10.1. The minimum Gasteiger partial charge on any atom is -0.485 e. The van der Waals surface area contributed by atoms with Crippen LogP contribution in [0.2, 0.25) is 0 Å². The fraction of sp³-hybridized carbons (Fsp3) is 0.467. The smallest absolute Gasteiger partial charge is 0.164 e. The highest BCUT2D eigenvalue weighted by Gasteiger charge is 2.11. The summed E-state index contributed by atoms with van der Waals surface area (Å²) in [5.41, 5.74) is 2.24. The van der Waals surface area contributed by atoms with Crippen LogP contribution in [0.5, 0.6) is 5.75 Å². The summed E-state index contributed by atoms with van der Waals surface area (Å²) < 4.78 is 8.98. The highest BCUT2D eigenvalue weighted by molar-refractivity contribution is 9.10. The van der Waals surface area contributed by atoms with Crippen molar-refractivity contribution in [3.8, 4) is 5.75 Å². The molecule has 0 unspecified atom stereocenters. The van der Waals surface area contributed by atoms with Crippen LogP contribution in [-0.4, -0.2) is 21.8 Å². The molecule has 0 saturated carbocycles. The monoisotopic (exact) mass is 352 g/mol. The van der Waals surface area contributed by atoms with E-state index < -0.39 is 0 Å². The molecule has 0 radical (unpaired) electrons. The minimum absolute atomic E-state index is 0.430. The molecule has 1 heterocycles. The van der Waals surface area contributed by atoms with Crippen LogP contribution in [0.15, 0.2) is 22.9 Å². The third-order valence-corrected chi connectivity index (χ3v) is 3.62. The Hall–Kier alpha value is -1.40. The van der Waals surface area contributed by atoms with Gasteiger partial charge in [0, 0.05) is 23.1 Å². The molecule has 5 nitrogen and oxygen atoms in total. The van der Waals surface area contributed by atoms with Crippen LogP contribution < -0.4 is 10.1 Å². The summed E-state index contributed by atoms with van der Waals surface area (Å²) in [5.74, 6) is 1.77. The van der Waals surface area contributed by atoms with Gasteiger partial charge in [-0.15, -0.1) is 0 Å². The van der Waals surface area contributed by atoms with E-state index in [1.807, 2.05) is 11.7 Å². The first-order valence-electron chi connectivity index (χ1n) is 7.08. The molecule has 0 atom stereocenters. The van der Waals surface area contributed by atoms with E-state index in [-0.39, 0.29) is 0 Å². The first-order valence-corrected chi connectivity index (χ1v) is 7.88. The van der Waals surface area contributed by atoms with Gasteiger partial charge in [-0.2, -0.15) is 5.10 Å². The second-order valence-corrected chi connectivity index (χ2v) is 5.85. The fourth-order valence-corrected chi connectivity index (χ4v) is 2.88. The van der Waals surface area contributed by atoms with Gasteiger partial charge < -0.3 is 10.1 Å². The summed E-state index contributed by atoms with van der Waals surface area (Å²) in [6.07, 6.45) is 2.61. The van der Waals surface area contributed by atoms with E-state index >= 15 is 0 Å². The lowest BCUT2D eigenvalue weighted by molar-refractivity contribution is 0.281. The molecule has 6 heteroatoms. The summed E-state index contributed by atoms with van der Waals surface area (Å²) in [6.45, 7) is 6.23. The Morgan fingerprint density at radius 3 is 2.90 bits per heavy atom. The first kappa shape index (κ1) is 16.0. The topological polar surface area (TPSA) is 52.0 Å². The predicted molar refractivity (Wildman–Crippen MR) is 86.3 cm³/mol. The molecule has 114 valence electrons. The number of hydrogen-bond donors (Lipinski definition) is 1. The van der Waals surface area contributed by atoms with Crippen LogP contribution in [0.1, 0.15) is 30.3 Å². The number of nitrogens with one attached hydrogen (secondary N) is 1. The average molecular weight is 353 g/mol. The molecule has 0 aliphatic rings. The number of ether oxygens (including phenoxy) is 1. The molecule has 1 N–H and O–H groups in total. The van der Waals surface area contributed by atoms with Crippen molar-refractivity contribution in [2.24, 2.45) is 0 Å². The molecular weight excluding hydrogens is 332 g/mol. The molecule has 0 bridgehead atoms. The predicted octanol–water partition coefficient (Wildman–Crippen LogP) is 3.06. The number of benzene rings is 1. The van der Waals surface area contributed by atoms with Gasteiger partial charge in [0.2, 0.25) is 0 Å². The first-order chi connectivity index (χ1) is 10.2. The van der Waals surface area contributed by atoms with Gasteiger partial charge in [-0.1, -0.05) is 22.9 Å². The standard InChI is InChI=1S/C15H21BrN4O/c1-4-5-20-14(18-10-19-20)9-21-15-11(2)6-13(16)7-12(15)8-17-3/h6-7,10,17H,4-5,8-9H2,1-3H3. The quantitative estimate of drug-likeness (QED) is 0.831. The maximum atomic E-state index is 6.02. The molecular formula is C15H21BrN4O. The van der Waals surface area contributed by atoms with E-state index in [9.17, 15) is 0 Å². The van der Waals surface area contributed by atoms with E-state index in [1.165, 1.54) is 0 Å². The van der Waals surface area contributed by atoms with E-state index in [2.05, 4.69) is 57.3 Å². The molecule has 2 rings (SSSR count). The zero-order valence-corrected chi connectivity index (χ0v) is 14.3. The van der Waals surface area contributed by atoms with Gasteiger partial charge in [0.25, 0.3) is 0 Å². The van der Waals surface area contributed by atoms with Crippen molar-refractivity contribution < 1.29 is 4.74 Å². The van der Waals surface area contributed by atoms with Crippen LogP contribution in [0.25, 0.3) is 0 Å². The maximum Gasteiger partial charge on any atom is 0.164 e. The van der Waals surface area contributed by atoms with Crippen molar-refractivity contribution in [2.75, 3.05) is 7.05 Å². The van der Waals surface area contributed by atoms with Crippen LogP contribution in [-0.2, 0) is 19.7 Å². The van der Waals surface area contributed by atoms with Gasteiger partial charge in [-0.05, 0) is 38.1 Å². The van der Waals surface area contributed by atoms with E-state index in [4.69, 9.17) is 4.74 Å². The Morgan fingerprint density at radius 1 is 1.38 bits per heavy atom. The molecule has 1 aromatic heterocycles. The molecule has 1 aromatic carbocycles. The lowest BCUT2D eigenvalue weighted by Gasteiger charge is -2.15. The fourth-order valence-electron chi connectivity index (χ4n) is 2.26. The van der Waals surface area contributed by atoms with Crippen molar-refractivity contribution in [3.05, 3.63) is 39.9 Å². The zero-order valence-electron chi connectivity index (χ0n) is 12.7. The third-order valence-electron chi connectivity index (χ3n) is 3.16. The largest absolute Gasteiger partial charge is 0.485 e. The maximum absolute atomic E-state index is 6.02. The Labute approximate surface area is 133 Å². The van der Waals surface area contributed by atoms with Crippen LogP contribution in [0.3, 0.4) is 0 Å². The lowest BCUT2D eigenvalue weighted by Crippen LogP contribution is -2.12. The molecule has 0 aliphatic carbocycles. The molecule has 0 amide bonds. The summed E-state index contributed by atoms with van der Waals surface area (Å²) in [4.78, 5) is 4.27. The molecule has 0 fully saturated rings.